The fourth-order valence-corrected chi connectivity index (χ4v) is 1.89. The van der Waals surface area contributed by atoms with Gasteiger partial charge < -0.3 is 9.40 Å². The van der Waals surface area contributed by atoms with E-state index in [1.54, 1.807) is 6.07 Å². The first-order valence-electron chi connectivity index (χ1n) is 4.97. The van der Waals surface area contributed by atoms with Crippen LogP contribution in [-0.4, -0.2) is 9.97 Å². The summed E-state index contributed by atoms with van der Waals surface area (Å²) in [5.41, 5.74) is 1.07. The molecule has 0 unspecified atom stereocenters. The Labute approximate surface area is 104 Å². The molecule has 0 radical (unpaired) electrons. The fourth-order valence-electron chi connectivity index (χ4n) is 1.62. The zero-order chi connectivity index (χ0) is 11.8. The van der Waals surface area contributed by atoms with E-state index in [1.807, 2.05) is 24.3 Å². The third-order valence-corrected chi connectivity index (χ3v) is 2.99. The Morgan fingerprint density at radius 3 is 2.71 bits per heavy atom. The number of aromatic amines is 1. The van der Waals surface area contributed by atoms with Gasteiger partial charge >= 0.3 is 0 Å². The number of H-pyrrole nitrogens is 1. The molecule has 0 saturated heterocycles. The van der Waals surface area contributed by atoms with Crippen LogP contribution in [0.3, 0.4) is 0 Å². The van der Waals surface area contributed by atoms with Crippen molar-refractivity contribution in [1.29, 1.82) is 0 Å². The van der Waals surface area contributed by atoms with Crippen molar-refractivity contribution in [2.75, 3.05) is 0 Å². The van der Waals surface area contributed by atoms with Crippen LogP contribution in [0.2, 0.25) is 0 Å². The summed E-state index contributed by atoms with van der Waals surface area (Å²) in [6.07, 6.45) is 1.33. The molecule has 3 rings (SSSR count). The lowest BCUT2D eigenvalue weighted by Crippen LogP contribution is -2.03. The average molecular weight is 291 g/mol. The van der Waals surface area contributed by atoms with Crippen molar-refractivity contribution in [2.24, 2.45) is 0 Å². The van der Waals surface area contributed by atoms with Gasteiger partial charge in [-0.25, -0.2) is 4.98 Å². The number of halogens is 1. The maximum Gasteiger partial charge on any atom is 0.262 e. The molecule has 0 aliphatic rings. The van der Waals surface area contributed by atoms with Crippen molar-refractivity contribution < 1.29 is 4.42 Å². The molecule has 1 N–H and O–H groups in total. The van der Waals surface area contributed by atoms with Crippen LogP contribution in [0.1, 0.15) is 0 Å². The zero-order valence-corrected chi connectivity index (χ0v) is 10.2. The highest BCUT2D eigenvalue weighted by atomic mass is 79.9. The van der Waals surface area contributed by atoms with Crippen molar-refractivity contribution in [1.82, 2.24) is 9.97 Å². The van der Waals surface area contributed by atoms with E-state index in [-0.39, 0.29) is 5.56 Å². The molecule has 2 heterocycles. The SMILES string of the molecule is O=c1[nH]cnc2oc(-c3ccc(Br)cc3)cc12. The molecule has 17 heavy (non-hydrogen) atoms. The molecule has 0 bridgehead atoms. The van der Waals surface area contributed by atoms with Crippen LogP contribution >= 0.6 is 15.9 Å². The molecule has 84 valence electrons. The first-order valence-corrected chi connectivity index (χ1v) is 5.76. The number of aromatic nitrogens is 2. The molecule has 0 fully saturated rings. The maximum atomic E-state index is 11.5. The Kier molecular flexibility index (Phi) is 2.33. The van der Waals surface area contributed by atoms with Crippen LogP contribution in [0.25, 0.3) is 22.4 Å². The molecule has 5 heteroatoms. The van der Waals surface area contributed by atoms with Gasteiger partial charge in [0.1, 0.15) is 11.1 Å². The summed E-state index contributed by atoms with van der Waals surface area (Å²) >= 11 is 3.37. The van der Waals surface area contributed by atoms with Crippen LogP contribution in [0.4, 0.5) is 0 Å². The quantitative estimate of drug-likeness (QED) is 0.750. The molecule has 1 aromatic carbocycles. The van der Waals surface area contributed by atoms with E-state index >= 15 is 0 Å². The normalized spacial score (nSPS) is 10.9. The highest BCUT2D eigenvalue weighted by Crippen LogP contribution is 2.25. The summed E-state index contributed by atoms with van der Waals surface area (Å²) in [6.45, 7) is 0. The molecule has 4 nitrogen and oxygen atoms in total. The molecule has 0 aliphatic carbocycles. The smallest absolute Gasteiger partial charge is 0.262 e. The first-order chi connectivity index (χ1) is 8.24. The highest BCUT2D eigenvalue weighted by Gasteiger charge is 2.09. The van der Waals surface area contributed by atoms with Gasteiger partial charge in [0.05, 0.1) is 6.33 Å². The fraction of sp³-hybridized carbons (Fsp3) is 0. The van der Waals surface area contributed by atoms with Gasteiger partial charge in [0.2, 0.25) is 5.71 Å². The van der Waals surface area contributed by atoms with Crippen LogP contribution < -0.4 is 5.56 Å². The number of nitrogens with one attached hydrogen (secondary N) is 1. The second-order valence-corrected chi connectivity index (χ2v) is 4.48. The van der Waals surface area contributed by atoms with Crippen LogP contribution in [-0.2, 0) is 0 Å². The summed E-state index contributed by atoms with van der Waals surface area (Å²) in [5, 5.41) is 0.463. The van der Waals surface area contributed by atoms with E-state index in [4.69, 9.17) is 4.42 Å². The summed E-state index contributed by atoms with van der Waals surface area (Å²) in [4.78, 5) is 18.0. The minimum absolute atomic E-state index is 0.192. The molecular formula is C12H7BrN2O2. The van der Waals surface area contributed by atoms with Gasteiger partial charge in [-0.05, 0) is 18.2 Å². The van der Waals surface area contributed by atoms with Gasteiger partial charge in [0, 0.05) is 10.0 Å². The number of hydrogen-bond acceptors (Lipinski definition) is 3. The molecule has 0 atom stereocenters. The van der Waals surface area contributed by atoms with Crippen molar-refractivity contribution >= 4 is 27.0 Å². The summed E-state index contributed by atoms with van der Waals surface area (Å²) in [5.74, 6) is 0.636. The standard InChI is InChI=1S/C12H7BrN2O2/c13-8-3-1-7(2-4-8)10-5-9-11(16)14-6-15-12(9)17-10/h1-6H,(H,14,15,16). The Bertz CT molecular complexity index is 728. The van der Waals surface area contributed by atoms with Crippen molar-refractivity contribution in [3.63, 3.8) is 0 Å². The van der Waals surface area contributed by atoms with E-state index in [1.165, 1.54) is 6.33 Å². The lowest BCUT2D eigenvalue weighted by atomic mass is 10.2. The average Bonchev–Trinajstić information content (AvgIpc) is 2.75. The van der Waals surface area contributed by atoms with Gasteiger partial charge in [-0.2, -0.15) is 0 Å². The number of fused-ring (bicyclic) bond motifs is 1. The Morgan fingerprint density at radius 1 is 1.24 bits per heavy atom. The van der Waals surface area contributed by atoms with E-state index < -0.39 is 0 Å². The van der Waals surface area contributed by atoms with Crippen LogP contribution in [0.15, 0.2) is 50.3 Å². The number of furan rings is 1. The zero-order valence-electron chi connectivity index (χ0n) is 8.61. The predicted octanol–water partition coefficient (Wildman–Crippen LogP) is 2.95. The summed E-state index contributed by atoms with van der Waals surface area (Å²) < 4.78 is 6.52. The third kappa shape index (κ3) is 1.78. The number of nitrogens with zero attached hydrogens (tertiary/aromatic N) is 1. The predicted molar refractivity (Wildman–Crippen MR) is 67.8 cm³/mol. The van der Waals surface area contributed by atoms with Gasteiger partial charge in [-0.3, -0.25) is 4.79 Å². The minimum Gasteiger partial charge on any atom is -0.437 e. The summed E-state index contributed by atoms with van der Waals surface area (Å²) in [6, 6.07) is 9.36. The molecular weight excluding hydrogens is 284 g/mol. The topological polar surface area (TPSA) is 58.9 Å². The van der Waals surface area contributed by atoms with Crippen LogP contribution in [0, 0.1) is 0 Å². The minimum atomic E-state index is -0.192. The Balaban J connectivity index is 2.21. The molecule has 0 amide bonds. The Morgan fingerprint density at radius 2 is 2.00 bits per heavy atom. The maximum absolute atomic E-state index is 11.5. The van der Waals surface area contributed by atoms with Crippen molar-refractivity contribution in [3.05, 3.63) is 51.5 Å². The van der Waals surface area contributed by atoms with Gasteiger partial charge in [0.15, 0.2) is 0 Å². The third-order valence-electron chi connectivity index (χ3n) is 2.46. The van der Waals surface area contributed by atoms with Crippen molar-refractivity contribution in [3.8, 4) is 11.3 Å². The molecule has 0 saturated carbocycles. The van der Waals surface area contributed by atoms with Gasteiger partial charge in [0.25, 0.3) is 5.56 Å². The number of benzene rings is 1. The lowest BCUT2D eigenvalue weighted by Gasteiger charge is -1.95. The van der Waals surface area contributed by atoms with E-state index in [0.717, 1.165) is 10.0 Å². The molecule has 0 spiro atoms. The van der Waals surface area contributed by atoms with Crippen molar-refractivity contribution in [2.45, 2.75) is 0 Å². The largest absolute Gasteiger partial charge is 0.437 e. The van der Waals surface area contributed by atoms with Gasteiger partial charge in [-0.1, -0.05) is 28.1 Å². The second kappa shape index (κ2) is 3.85. The lowest BCUT2D eigenvalue weighted by molar-refractivity contribution is 0.617. The second-order valence-electron chi connectivity index (χ2n) is 3.57. The van der Waals surface area contributed by atoms with E-state index in [9.17, 15) is 4.79 Å². The molecule has 2 aromatic heterocycles. The first kappa shape index (κ1) is 10.3. The monoisotopic (exact) mass is 290 g/mol. The highest BCUT2D eigenvalue weighted by molar-refractivity contribution is 9.10. The number of hydrogen-bond donors (Lipinski definition) is 1. The van der Waals surface area contributed by atoms with Crippen LogP contribution in [0.5, 0.6) is 0 Å². The van der Waals surface area contributed by atoms with E-state index in [2.05, 4.69) is 25.9 Å². The molecule has 3 aromatic rings. The Hall–Kier alpha value is -1.88. The molecule has 0 aliphatic heterocycles. The number of rotatable bonds is 1. The van der Waals surface area contributed by atoms with Gasteiger partial charge in [-0.15, -0.1) is 0 Å². The van der Waals surface area contributed by atoms with E-state index in [0.29, 0.717) is 16.9 Å². The summed E-state index contributed by atoms with van der Waals surface area (Å²) in [7, 11) is 0.